The van der Waals surface area contributed by atoms with Crippen molar-refractivity contribution >= 4 is 17.5 Å². The van der Waals surface area contributed by atoms with Crippen LogP contribution < -0.4 is 14.8 Å². The molecule has 1 amide bonds. The van der Waals surface area contributed by atoms with Crippen LogP contribution in [0, 0.1) is 0 Å². The first-order chi connectivity index (χ1) is 11.5. The monoisotopic (exact) mass is 353 g/mol. The van der Waals surface area contributed by atoms with Crippen molar-refractivity contribution < 1.29 is 19.4 Å². The van der Waals surface area contributed by atoms with E-state index in [1.165, 1.54) is 0 Å². The molecule has 0 aliphatic rings. The van der Waals surface area contributed by atoms with Gasteiger partial charge in [0.05, 0.1) is 17.8 Å². The van der Waals surface area contributed by atoms with Crippen LogP contribution in [-0.4, -0.2) is 41.0 Å². The average Bonchev–Trinajstić information content (AvgIpc) is 3.03. The molecule has 1 aromatic heterocycles. The van der Waals surface area contributed by atoms with Crippen molar-refractivity contribution in [2.24, 2.45) is 0 Å². The standard InChI is InChI=1S/C16H20ClN3O4/c1-10(5-6-21)18-16(22)14-7-11(19-20-14)9-24-15-4-3-12(23-2)8-13(15)17/h3-4,7-8,10,21H,5-6,9H2,1-2H3,(H,18,22)(H,19,20). The van der Waals surface area contributed by atoms with E-state index in [4.69, 9.17) is 26.2 Å². The minimum absolute atomic E-state index is 0.0176. The number of ether oxygens (including phenoxy) is 2. The van der Waals surface area contributed by atoms with Gasteiger partial charge in [0.1, 0.15) is 23.8 Å². The van der Waals surface area contributed by atoms with E-state index < -0.39 is 0 Å². The molecule has 24 heavy (non-hydrogen) atoms. The summed E-state index contributed by atoms with van der Waals surface area (Å²) in [7, 11) is 1.56. The first kappa shape index (κ1) is 18.1. The third-order valence-corrected chi connectivity index (χ3v) is 3.62. The number of halogens is 1. The highest BCUT2D eigenvalue weighted by Crippen LogP contribution is 2.29. The zero-order valence-electron chi connectivity index (χ0n) is 13.5. The van der Waals surface area contributed by atoms with Crippen molar-refractivity contribution in [3.8, 4) is 11.5 Å². The molecule has 1 unspecified atom stereocenters. The highest BCUT2D eigenvalue weighted by atomic mass is 35.5. The highest BCUT2D eigenvalue weighted by molar-refractivity contribution is 6.32. The fraction of sp³-hybridized carbons (Fsp3) is 0.375. The molecule has 1 aromatic carbocycles. The number of methoxy groups -OCH3 is 1. The number of H-pyrrole nitrogens is 1. The van der Waals surface area contributed by atoms with Crippen molar-refractivity contribution in [1.29, 1.82) is 0 Å². The maximum absolute atomic E-state index is 12.0. The molecular formula is C16H20ClN3O4. The number of aliphatic hydroxyl groups excluding tert-OH is 1. The fourth-order valence-corrected chi connectivity index (χ4v) is 2.22. The third-order valence-electron chi connectivity index (χ3n) is 3.33. The average molecular weight is 354 g/mol. The number of rotatable bonds is 8. The molecule has 2 rings (SSSR count). The Balaban J connectivity index is 1.93. The summed E-state index contributed by atoms with van der Waals surface area (Å²) in [6, 6.07) is 6.60. The largest absolute Gasteiger partial charge is 0.497 e. The molecular weight excluding hydrogens is 334 g/mol. The molecule has 8 heteroatoms. The van der Waals surface area contributed by atoms with E-state index in [1.807, 2.05) is 6.92 Å². The van der Waals surface area contributed by atoms with Crippen molar-refractivity contribution in [3.63, 3.8) is 0 Å². The van der Waals surface area contributed by atoms with Gasteiger partial charge in [-0.25, -0.2) is 0 Å². The van der Waals surface area contributed by atoms with Crippen molar-refractivity contribution in [1.82, 2.24) is 15.5 Å². The van der Waals surface area contributed by atoms with Gasteiger partial charge in [0.2, 0.25) is 0 Å². The molecule has 7 nitrogen and oxygen atoms in total. The molecule has 0 saturated carbocycles. The van der Waals surface area contributed by atoms with Crippen LogP contribution in [0.15, 0.2) is 24.3 Å². The zero-order chi connectivity index (χ0) is 17.5. The minimum atomic E-state index is -0.305. The number of benzene rings is 1. The van der Waals surface area contributed by atoms with Gasteiger partial charge in [-0.05, 0) is 31.5 Å². The lowest BCUT2D eigenvalue weighted by molar-refractivity contribution is 0.0929. The Morgan fingerprint density at radius 2 is 2.25 bits per heavy atom. The summed E-state index contributed by atoms with van der Waals surface area (Å²) in [6.07, 6.45) is 0.488. The number of aliphatic hydroxyl groups is 1. The Labute approximate surface area is 144 Å². The van der Waals surface area contributed by atoms with Crippen LogP contribution in [0.1, 0.15) is 29.5 Å². The molecule has 2 aromatic rings. The van der Waals surface area contributed by atoms with Gasteiger partial charge in [-0.1, -0.05) is 11.6 Å². The maximum Gasteiger partial charge on any atom is 0.271 e. The Hall–Kier alpha value is -2.25. The van der Waals surface area contributed by atoms with Gasteiger partial charge in [0.25, 0.3) is 5.91 Å². The number of carbonyl (C=O) groups excluding carboxylic acids is 1. The second kappa shape index (κ2) is 8.56. The summed E-state index contributed by atoms with van der Waals surface area (Å²) >= 11 is 6.10. The first-order valence-electron chi connectivity index (χ1n) is 7.45. The van der Waals surface area contributed by atoms with Gasteiger partial charge in [-0.15, -0.1) is 0 Å². The van der Waals surface area contributed by atoms with Crippen molar-refractivity contribution in [2.45, 2.75) is 26.0 Å². The maximum atomic E-state index is 12.0. The summed E-state index contributed by atoms with van der Waals surface area (Å²) in [4.78, 5) is 12.0. The van der Waals surface area contributed by atoms with Gasteiger partial charge in [0, 0.05) is 18.7 Å². The molecule has 0 radical (unpaired) electrons. The molecule has 0 aliphatic heterocycles. The number of amides is 1. The van der Waals surface area contributed by atoms with E-state index in [0.717, 1.165) is 0 Å². The Kier molecular flexibility index (Phi) is 6.45. The van der Waals surface area contributed by atoms with E-state index in [0.29, 0.717) is 28.6 Å². The quantitative estimate of drug-likeness (QED) is 0.675. The lowest BCUT2D eigenvalue weighted by Gasteiger charge is -2.10. The Bertz CT molecular complexity index is 690. The summed E-state index contributed by atoms with van der Waals surface area (Å²) in [5.41, 5.74) is 0.904. The fourth-order valence-electron chi connectivity index (χ4n) is 2.00. The van der Waals surface area contributed by atoms with Crippen molar-refractivity contribution in [3.05, 3.63) is 40.7 Å². The number of hydrogen-bond donors (Lipinski definition) is 3. The summed E-state index contributed by atoms with van der Waals surface area (Å²) in [5.74, 6) is 0.848. The van der Waals surface area contributed by atoms with E-state index in [1.54, 1.807) is 31.4 Å². The predicted molar refractivity (Wildman–Crippen MR) is 89.6 cm³/mol. The third kappa shape index (κ3) is 4.87. The highest BCUT2D eigenvalue weighted by Gasteiger charge is 2.13. The van der Waals surface area contributed by atoms with Crippen molar-refractivity contribution in [2.75, 3.05) is 13.7 Å². The van der Waals surface area contributed by atoms with Crippen LogP contribution in [0.4, 0.5) is 0 Å². The first-order valence-corrected chi connectivity index (χ1v) is 7.83. The van der Waals surface area contributed by atoms with Crippen LogP contribution in [0.3, 0.4) is 0 Å². The minimum Gasteiger partial charge on any atom is -0.497 e. The summed E-state index contributed by atoms with van der Waals surface area (Å²) in [6.45, 7) is 2.03. The smallest absolute Gasteiger partial charge is 0.271 e. The molecule has 130 valence electrons. The number of nitrogens with zero attached hydrogens (tertiary/aromatic N) is 1. The van der Waals surface area contributed by atoms with Crippen LogP contribution >= 0.6 is 11.6 Å². The Morgan fingerprint density at radius 1 is 1.46 bits per heavy atom. The van der Waals surface area contributed by atoms with E-state index in [2.05, 4.69) is 15.5 Å². The molecule has 0 aliphatic carbocycles. The normalized spacial score (nSPS) is 11.8. The van der Waals surface area contributed by atoms with Crippen LogP contribution in [0.2, 0.25) is 5.02 Å². The Morgan fingerprint density at radius 3 is 2.92 bits per heavy atom. The van der Waals surface area contributed by atoms with Gasteiger partial charge >= 0.3 is 0 Å². The van der Waals surface area contributed by atoms with Crippen LogP contribution in [-0.2, 0) is 6.61 Å². The number of hydrogen-bond acceptors (Lipinski definition) is 5. The lowest BCUT2D eigenvalue weighted by Crippen LogP contribution is -2.33. The molecule has 0 fully saturated rings. The zero-order valence-corrected chi connectivity index (χ0v) is 14.3. The second-order valence-corrected chi connectivity index (χ2v) is 5.66. The molecule has 3 N–H and O–H groups in total. The summed E-state index contributed by atoms with van der Waals surface area (Å²) in [5, 5.41) is 18.7. The van der Waals surface area contributed by atoms with Crippen LogP contribution in [0.25, 0.3) is 0 Å². The van der Waals surface area contributed by atoms with E-state index in [-0.39, 0.29) is 30.9 Å². The van der Waals surface area contributed by atoms with Gasteiger partial charge in [-0.3, -0.25) is 9.89 Å². The molecule has 0 spiro atoms. The van der Waals surface area contributed by atoms with Gasteiger partial charge in [0.15, 0.2) is 0 Å². The molecule has 0 bridgehead atoms. The number of aromatic amines is 1. The molecule has 1 heterocycles. The topological polar surface area (TPSA) is 96.5 Å². The summed E-state index contributed by atoms with van der Waals surface area (Å²) < 4.78 is 10.7. The number of aromatic nitrogens is 2. The van der Waals surface area contributed by atoms with Gasteiger partial charge < -0.3 is 19.9 Å². The SMILES string of the molecule is COc1ccc(OCc2cc(C(=O)NC(C)CCO)n[nH]2)c(Cl)c1. The van der Waals surface area contributed by atoms with E-state index in [9.17, 15) is 4.79 Å². The van der Waals surface area contributed by atoms with Gasteiger partial charge in [-0.2, -0.15) is 5.10 Å². The van der Waals surface area contributed by atoms with E-state index >= 15 is 0 Å². The lowest BCUT2D eigenvalue weighted by atomic mass is 10.2. The predicted octanol–water partition coefficient (Wildman–Crippen LogP) is 2.15. The number of carbonyl (C=O) groups is 1. The second-order valence-electron chi connectivity index (χ2n) is 5.25. The number of nitrogens with one attached hydrogen (secondary N) is 2. The molecule has 0 saturated heterocycles. The molecule has 1 atom stereocenters. The van der Waals surface area contributed by atoms with Crippen LogP contribution in [0.5, 0.6) is 11.5 Å².